The molecule has 0 saturated carbocycles. The molecular weight excluding hydrogens is 318 g/mol. The second-order valence-corrected chi connectivity index (χ2v) is 8.86. The summed E-state index contributed by atoms with van der Waals surface area (Å²) < 4.78 is 1.83. The minimum Gasteiger partial charge on any atom is -0.331 e. The lowest BCUT2D eigenvalue weighted by Crippen LogP contribution is -2.44. The molecular formula is C19H27N3OS. The van der Waals surface area contributed by atoms with Gasteiger partial charge >= 0.3 is 0 Å². The first-order valence-corrected chi connectivity index (χ1v) is 8.95. The Hall–Kier alpha value is -1.75. The van der Waals surface area contributed by atoms with Crippen molar-refractivity contribution < 1.29 is 4.79 Å². The number of nitrogens with one attached hydrogen (secondary N) is 1. The summed E-state index contributed by atoms with van der Waals surface area (Å²) >= 11 is 1.38. The molecule has 1 N–H and O–H groups in total. The van der Waals surface area contributed by atoms with E-state index in [0.717, 1.165) is 22.8 Å². The molecule has 130 valence electrons. The number of benzene rings is 1. The maximum Gasteiger partial charge on any atom is 0.230 e. The van der Waals surface area contributed by atoms with E-state index >= 15 is 0 Å². The number of aromatic amines is 1. The molecule has 0 aliphatic carbocycles. The van der Waals surface area contributed by atoms with Crippen molar-refractivity contribution in [2.45, 2.75) is 58.7 Å². The summed E-state index contributed by atoms with van der Waals surface area (Å²) in [4.78, 5) is 20.0. The van der Waals surface area contributed by atoms with Gasteiger partial charge in [-0.15, -0.1) is 0 Å². The van der Waals surface area contributed by atoms with E-state index < -0.39 is 0 Å². The molecule has 0 spiro atoms. The van der Waals surface area contributed by atoms with E-state index in [9.17, 15) is 4.79 Å². The van der Waals surface area contributed by atoms with Crippen molar-refractivity contribution in [3.63, 3.8) is 0 Å². The zero-order valence-electron chi connectivity index (χ0n) is 15.4. The third kappa shape index (κ3) is 4.87. The highest BCUT2D eigenvalue weighted by atomic mass is 32.2. The Morgan fingerprint density at radius 2 is 1.79 bits per heavy atom. The van der Waals surface area contributed by atoms with Crippen LogP contribution in [0.4, 0.5) is 0 Å². The van der Waals surface area contributed by atoms with Gasteiger partial charge < -0.3 is 4.98 Å². The molecule has 1 aromatic carbocycles. The summed E-state index contributed by atoms with van der Waals surface area (Å²) in [6, 6.07) is 10.1. The Kier molecular flexibility index (Phi) is 5.43. The van der Waals surface area contributed by atoms with Gasteiger partial charge in [0.15, 0.2) is 5.16 Å². The lowest BCUT2D eigenvalue weighted by molar-refractivity contribution is -0.127. The molecule has 24 heavy (non-hydrogen) atoms. The largest absolute Gasteiger partial charge is 0.331 e. The average Bonchev–Trinajstić information content (AvgIpc) is 2.91. The van der Waals surface area contributed by atoms with Crippen molar-refractivity contribution >= 4 is 17.9 Å². The fourth-order valence-corrected chi connectivity index (χ4v) is 4.05. The molecule has 0 aliphatic heterocycles. The van der Waals surface area contributed by atoms with E-state index in [0.29, 0.717) is 0 Å². The number of hydrogen-bond donors (Lipinski definition) is 1. The summed E-state index contributed by atoms with van der Waals surface area (Å²) in [6.07, 6.45) is 2.71. The van der Waals surface area contributed by atoms with E-state index in [-0.39, 0.29) is 16.9 Å². The van der Waals surface area contributed by atoms with Gasteiger partial charge in [0.25, 0.3) is 0 Å². The van der Waals surface area contributed by atoms with E-state index in [1.807, 2.05) is 40.8 Å². The standard InChI is InChI=1S/C19H27N3OS/c1-14(23)22(19(5,6)13-18(2,3)4)24-17-20-12-16(21-17)15-10-8-7-9-11-15/h7-12H,13H2,1-6H3,(H,20,21). The molecule has 1 heterocycles. The fraction of sp³-hybridized carbons (Fsp3) is 0.474. The van der Waals surface area contributed by atoms with Gasteiger partial charge in [-0.25, -0.2) is 4.98 Å². The highest BCUT2D eigenvalue weighted by Gasteiger charge is 2.34. The summed E-state index contributed by atoms with van der Waals surface area (Å²) in [7, 11) is 0. The van der Waals surface area contributed by atoms with Crippen LogP contribution in [0.15, 0.2) is 41.7 Å². The van der Waals surface area contributed by atoms with Gasteiger partial charge in [-0.1, -0.05) is 51.1 Å². The highest BCUT2D eigenvalue weighted by Crippen LogP contribution is 2.37. The second kappa shape index (κ2) is 7.01. The molecule has 4 nitrogen and oxygen atoms in total. The molecule has 2 aromatic rings. The lowest BCUT2D eigenvalue weighted by atomic mass is 9.82. The normalized spacial score (nSPS) is 12.2. The smallest absolute Gasteiger partial charge is 0.230 e. The molecule has 0 aliphatic rings. The van der Waals surface area contributed by atoms with E-state index in [1.54, 1.807) is 6.92 Å². The fourth-order valence-electron chi connectivity index (χ4n) is 3.18. The predicted octanol–water partition coefficient (Wildman–Crippen LogP) is 5.15. The van der Waals surface area contributed by atoms with Crippen LogP contribution >= 0.6 is 11.9 Å². The quantitative estimate of drug-likeness (QED) is 0.763. The Morgan fingerprint density at radius 1 is 1.17 bits per heavy atom. The first-order valence-electron chi connectivity index (χ1n) is 8.18. The molecule has 0 atom stereocenters. The predicted molar refractivity (Wildman–Crippen MR) is 101 cm³/mol. The molecule has 2 rings (SSSR count). The number of rotatable bonds is 5. The van der Waals surface area contributed by atoms with Gasteiger partial charge in [0.05, 0.1) is 11.9 Å². The molecule has 1 aromatic heterocycles. The summed E-state index contributed by atoms with van der Waals surface area (Å²) in [5.41, 5.74) is 1.90. The molecule has 0 fully saturated rings. The number of hydrogen-bond acceptors (Lipinski definition) is 3. The van der Waals surface area contributed by atoms with Crippen LogP contribution in [-0.2, 0) is 4.79 Å². The van der Waals surface area contributed by atoms with Gasteiger partial charge in [0, 0.05) is 24.4 Å². The van der Waals surface area contributed by atoms with Crippen LogP contribution in [0.3, 0.4) is 0 Å². The van der Waals surface area contributed by atoms with Gasteiger partial charge in [-0.3, -0.25) is 9.10 Å². The Morgan fingerprint density at radius 3 is 2.33 bits per heavy atom. The third-order valence-electron chi connectivity index (χ3n) is 3.61. The molecule has 0 saturated heterocycles. The van der Waals surface area contributed by atoms with E-state index in [4.69, 9.17) is 0 Å². The molecule has 0 radical (unpaired) electrons. The van der Waals surface area contributed by atoms with Gasteiger partial charge in [0.1, 0.15) is 0 Å². The van der Waals surface area contributed by atoms with Crippen molar-refractivity contribution in [3.8, 4) is 11.3 Å². The first-order chi connectivity index (χ1) is 11.1. The van der Waals surface area contributed by atoms with Gasteiger partial charge in [-0.2, -0.15) is 0 Å². The van der Waals surface area contributed by atoms with Crippen molar-refractivity contribution in [1.82, 2.24) is 14.3 Å². The molecule has 5 heteroatoms. The van der Waals surface area contributed by atoms with Gasteiger partial charge in [-0.05, 0) is 31.2 Å². The minimum atomic E-state index is -0.269. The summed E-state index contributed by atoms with van der Waals surface area (Å²) in [6.45, 7) is 12.4. The maximum absolute atomic E-state index is 12.2. The highest BCUT2D eigenvalue weighted by molar-refractivity contribution is 7.97. The number of H-pyrrole nitrogens is 1. The van der Waals surface area contributed by atoms with Crippen LogP contribution < -0.4 is 0 Å². The van der Waals surface area contributed by atoms with E-state index in [1.165, 1.54) is 11.9 Å². The second-order valence-electron chi connectivity index (χ2n) is 7.92. The SMILES string of the molecule is CC(=O)N(Sc1ncc(-c2ccccc2)[nH]1)C(C)(C)CC(C)(C)C. The summed E-state index contributed by atoms with van der Waals surface area (Å²) in [5.74, 6) is 0.0342. The zero-order chi connectivity index (χ0) is 18.0. The minimum absolute atomic E-state index is 0.0342. The maximum atomic E-state index is 12.2. The zero-order valence-corrected chi connectivity index (χ0v) is 16.2. The topological polar surface area (TPSA) is 49.0 Å². The number of carbonyl (C=O) groups excluding carboxylic acids is 1. The van der Waals surface area contributed by atoms with Gasteiger partial charge in [0.2, 0.25) is 5.91 Å². The van der Waals surface area contributed by atoms with Crippen molar-refractivity contribution in [2.24, 2.45) is 5.41 Å². The van der Waals surface area contributed by atoms with Crippen LogP contribution in [0.5, 0.6) is 0 Å². The number of aromatic nitrogens is 2. The van der Waals surface area contributed by atoms with Crippen molar-refractivity contribution in [2.75, 3.05) is 0 Å². The monoisotopic (exact) mass is 345 g/mol. The summed E-state index contributed by atoms with van der Waals surface area (Å²) in [5, 5.41) is 0.728. The lowest BCUT2D eigenvalue weighted by Gasteiger charge is -2.40. The first kappa shape index (κ1) is 18.6. The van der Waals surface area contributed by atoms with Crippen molar-refractivity contribution in [1.29, 1.82) is 0 Å². The van der Waals surface area contributed by atoms with Crippen LogP contribution in [0.1, 0.15) is 48.0 Å². The van der Waals surface area contributed by atoms with Crippen LogP contribution in [0, 0.1) is 5.41 Å². The van der Waals surface area contributed by atoms with Crippen LogP contribution in [0.25, 0.3) is 11.3 Å². The average molecular weight is 346 g/mol. The molecule has 0 unspecified atom stereocenters. The van der Waals surface area contributed by atoms with Crippen LogP contribution in [-0.4, -0.2) is 25.7 Å². The number of amides is 1. The number of imidazole rings is 1. The van der Waals surface area contributed by atoms with Crippen LogP contribution in [0.2, 0.25) is 0 Å². The van der Waals surface area contributed by atoms with Crippen molar-refractivity contribution in [3.05, 3.63) is 36.5 Å². The Bertz CT molecular complexity index is 686. The molecule has 0 bridgehead atoms. The Labute approximate surface area is 149 Å². The number of nitrogens with zero attached hydrogens (tertiary/aromatic N) is 2. The van der Waals surface area contributed by atoms with E-state index in [2.05, 4.69) is 44.6 Å². The Balaban J connectivity index is 2.20. The third-order valence-corrected chi connectivity index (χ3v) is 4.93. The number of carbonyl (C=O) groups is 1. The molecule has 1 amide bonds.